The van der Waals surface area contributed by atoms with Crippen molar-refractivity contribution in [2.75, 3.05) is 0 Å². The summed E-state index contributed by atoms with van der Waals surface area (Å²) in [6, 6.07) is 13.1. The summed E-state index contributed by atoms with van der Waals surface area (Å²) in [5, 5.41) is 0. The molecule has 0 bridgehead atoms. The Labute approximate surface area is 197 Å². The molecule has 3 atom stereocenters. The fraction of sp³-hybridized carbons (Fsp3) is 0.458. The molecule has 0 saturated carbocycles. The Hall–Kier alpha value is -2.78. The molecule has 9 heteroatoms. The largest absolute Gasteiger partial charge is 0.509 e. The second kappa shape index (κ2) is 11.4. The molecule has 180 valence electrons. The lowest BCUT2D eigenvalue weighted by atomic mass is 10.1. The first-order chi connectivity index (χ1) is 15.4. The van der Waals surface area contributed by atoms with Gasteiger partial charge in [0.1, 0.15) is 18.2 Å². The summed E-state index contributed by atoms with van der Waals surface area (Å²) < 4.78 is 31.3. The maximum Gasteiger partial charge on any atom is 0.509 e. The Morgan fingerprint density at radius 3 is 2.18 bits per heavy atom. The molecular weight excluding hydrogens is 444 g/mol. The molecule has 0 radical (unpaired) electrons. The third-order valence-corrected chi connectivity index (χ3v) is 5.75. The van der Waals surface area contributed by atoms with Gasteiger partial charge in [0.2, 0.25) is 6.10 Å². The Balaban J connectivity index is 2.37. The lowest BCUT2D eigenvalue weighted by molar-refractivity contribution is -0.159. The van der Waals surface area contributed by atoms with E-state index in [0.717, 1.165) is 5.56 Å². The van der Waals surface area contributed by atoms with Crippen LogP contribution in [0.3, 0.4) is 0 Å². The van der Waals surface area contributed by atoms with E-state index in [0.29, 0.717) is 5.69 Å². The minimum atomic E-state index is -1.61. The topological polar surface area (TPSA) is 104 Å². The zero-order valence-corrected chi connectivity index (χ0v) is 20.7. The van der Waals surface area contributed by atoms with Crippen molar-refractivity contribution in [3.05, 3.63) is 66.0 Å². The van der Waals surface area contributed by atoms with Gasteiger partial charge in [0, 0.05) is 6.20 Å². The number of nitrogens with one attached hydrogen (secondary N) is 1. The monoisotopic (exact) mass is 476 g/mol. The van der Waals surface area contributed by atoms with Gasteiger partial charge in [-0.05, 0) is 59.2 Å². The van der Waals surface area contributed by atoms with Crippen LogP contribution in [-0.2, 0) is 36.6 Å². The first kappa shape index (κ1) is 26.5. The summed E-state index contributed by atoms with van der Waals surface area (Å²) in [4.78, 5) is 29.9. The molecule has 2 aromatic rings. The number of carbonyl (C=O) groups is 2. The SMILES string of the molecule is CC(C)(C)OC(=O)O[C@@H](C(=O)OCc1ccccc1)[C@@H](NS(=O)C(C)(C)C)c1ccccn1. The van der Waals surface area contributed by atoms with Gasteiger partial charge in [-0.2, -0.15) is 0 Å². The standard InChI is InChI=1S/C24H32N2O6S/c1-23(2,3)32-22(28)31-20(21(27)30-16-17-12-8-7-9-13-17)19(18-14-10-11-15-25-18)26-33(29)24(4,5)6/h7-15,19-20,26H,16H2,1-6H3/t19-,20+,33?/m0/s1. The highest BCUT2D eigenvalue weighted by molar-refractivity contribution is 7.84. The zero-order chi connectivity index (χ0) is 24.6. The van der Waals surface area contributed by atoms with Crippen LogP contribution in [0.15, 0.2) is 54.7 Å². The Morgan fingerprint density at radius 1 is 1.00 bits per heavy atom. The highest BCUT2D eigenvalue weighted by Crippen LogP contribution is 2.24. The second-order valence-corrected chi connectivity index (χ2v) is 11.3. The van der Waals surface area contributed by atoms with E-state index in [1.54, 1.807) is 71.9 Å². The van der Waals surface area contributed by atoms with Gasteiger partial charge in [-0.15, -0.1) is 0 Å². The van der Waals surface area contributed by atoms with Crippen molar-refractivity contribution in [1.82, 2.24) is 9.71 Å². The van der Waals surface area contributed by atoms with E-state index in [9.17, 15) is 13.8 Å². The molecule has 0 aliphatic heterocycles. The van der Waals surface area contributed by atoms with E-state index in [1.807, 2.05) is 18.2 Å². The molecule has 33 heavy (non-hydrogen) atoms. The molecule has 1 aromatic carbocycles. The minimum absolute atomic E-state index is 0.0227. The molecule has 0 aliphatic carbocycles. The number of nitrogens with zero attached hydrogens (tertiary/aromatic N) is 1. The van der Waals surface area contributed by atoms with Crippen molar-refractivity contribution in [3.8, 4) is 0 Å². The van der Waals surface area contributed by atoms with Crippen molar-refractivity contribution in [2.24, 2.45) is 0 Å². The van der Waals surface area contributed by atoms with Crippen LogP contribution in [-0.4, -0.2) is 37.8 Å². The Bertz CT molecular complexity index is 939. The molecule has 0 spiro atoms. The molecular formula is C24H32N2O6S. The van der Waals surface area contributed by atoms with Crippen LogP contribution in [0.2, 0.25) is 0 Å². The molecule has 8 nitrogen and oxygen atoms in total. The van der Waals surface area contributed by atoms with Gasteiger partial charge < -0.3 is 14.2 Å². The fourth-order valence-electron chi connectivity index (χ4n) is 2.57. The number of esters is 1. The van der Waals surface area contributed by atoms with E-state index < -0.39 is 45.6 Å². The van der Waals surface area contributed by atoms with Gasteiger partial charge >= 0.3 is 12.1 Å². The van der Waals surface area contributed by atoms with Crippen LogP contribution < -0.4 is 4.72 Å². The second-order valence-electron chi connectivity index (χ2n) is 9.33. The summed E-state index contributed by atoms with van der Waals surface area (Å²) in [5.74, 6) is -0.821. The summed E-state index contributed by atoms with van der Waals surface area (Å²) in [6.07, 6.45) is -1.01. The number of hydrogen-bond donors (Lipinski definition) is 1. The number of rotatable bonds is 8. The summed E-state index contributed by atoms with van der Waals surface area (Å²) in [7, 11) is -1.61. The number of pyridine rings is 1. The number of carbonyl (C=O) groups excluding carboxylic acids is 2. The number of ether oxygens (including phenoxy) is 3. The number of benzene rings is 1. The smallest absolute Gasteiger partial charge is 0.458 e. The fourth-order valence-corrected chi connectivity index (χ4v) is 3.40. The van der Waals surface area contributed by atoms with E-state index in [2.05, 4.69) is 9.71 Å². The summed E-state index contributed by atoms with van der Waals surface area (Å²) in [5.41, 5.74) is 0.292. The van der Waals surface area contributed by atoms with Crippen molar-refractivity contribution in [1.29, 1.82) is 0 Å². The van der Waals surface area contributed by atoms with Crippen molar-refractivity contribution >= 4 is 23.1 Å². The predicted octanol–water partition coefficient (Wildman–Crippen LogP) is 4.24. The normalized spacial score (nSPS) is 14.6. The highest BCUT2D eigenvalue weighted by Gasteiger charge is 2.39. The van der Waals surface area contributed by atoms with E-state index in [4.69, 9.17) is 14.2 Å². The molecule has 0 fully saturated rings. The van der Waals surface area contributed by atoms with E-state index >= 15 is 0 Å². The molecule has 2 rings (SSSR count). The maximum atomic E-state index is 13.1. The quantitative estimate of drug-likeness (QED) is 0.568. The third kappa shape index (κ3) is 8.94. The maximum absolute atomic E-state index is 13.1. The van der Waals surface area contributed by atoms with E-state index in [1.165, 1.54) is 6.20 Å². The van der Waals surface area contributed by atoms with Crippen LogP contribution in [0, 0.1) is 0 Å². The van der Waals surface area contributed by atoms with Gasteiger partial charge in [0.05, 0.1) is 21.4 Å². The molecule has 1 heterocycles. The first-order valence-corrected chi connectivity index (χ1v) is 11.7. The summed E-state index contributed by atoms with van der Waals surface area (Å²) in [6.45, 7) is 10.4. The van der Waals surface area contributed by atoms with Crippen molar-refractivity contribution < 1.29 is 28.0 Å². The van der Waals surface area contributed by atoms with Gasteiger partial charge in [0.15, 0.2) is 0 Å². The summed E-state index contributed by atoms with van der Waals surface area (Å²) >= 11 is 0. The average molecular weight is 477 g/mol. The van der Waals surface area contributed by atoms with E-state index in [-0.39, 0.29) is 6.61 Å². The number of aromatic nitrogens is 1. The third-order valence-electron chi connectivity index (χ3n) is 4.17. The molecule has 1 N–H and O–H groups in total. The molecule has 1 aromatic heterocycles. The van der Waals surface area contributed by atoms with Crippen LogP contribution in [0.1, 0.15) is 58.8 Å². The van der Waals surface area contributed by atoms with Crippen LogP contribution in [0.4, 0.5) is 4.79 Å². The van der Waals surface area contributed by atoms with Crippen LogP contribution in [0.5, 0.6) is 0 Å². The van der Waals surface area contributed by atoms with Crippen LogP contribution in [0.25, 0.3) is 0 Å². The van der Waals surface area contributed by atoms with Gasteiger partial charge in [-0.25, -0.2) is 18.5 Å². The lowest BCUT2D eigenvalue weighted by Gasteiger charge is -2.29. The predicted molar refractivity (Wildman–Crippen MR) is 125 cm³/mol. The lowest BCUT2D eigenvalue weighted by Crippen LogP contribution is -2.46. The molecule has 1 unspecified atom stereocenters. The van der Waals surface area contributed by atoms with Gasteiger partial charge in [0.25, 0.3) is 0 Å². The number of hydrogen-bond acceptors (Lipinski definition) is 7. The molecule has 0 saturated heterocycles. The van der Waals surface area contributed by atoms with Gasteiger partial charge in [-0.3, -0.25) is 4.98 Å². The zero-order valence-electron chi connectivity index (χ0n) is 19.9. The van der Waals surface area contributed by atoms with Gasteiger partial charge in [-0.1, -0.05) is 36.4 Å². The molecule has 0 aliphatic rings. The van der Waals surface area contributed by atoms with Crippen molar-refractivity contribution in [2.45, 2.75) is 70.6 Å². The van der Waals surface area contributed by atoms with Crippen molar-refractivity contribution in [3.63, 3.8) is 0 Å². The average Bonchev–Trinajstić information content (AvgIpc) is 2.73. The Kier molecular flexibility index (Phi) is 9.13. The highest BCUT2D eigenvalue weighted by atomic mass is 32.2. The minimum Gasteiger partial charge on any atom is -0.458 e. The van der Waals surface area contributed by atoms with Crippen LogP contribution >= 0.6 is 0 Å². The Morgan fingerprint density at radius 2 is 1.64 bits per heavy atom. The molecule has 0 amide bonds. The first-order valence-electron chi connectivity index (χ1n) is 10.6.